The molecule has 1 fully saturated rings. The number of anilines is 1. The average molecular weight is 452 g/mol. The number of aromatic nitrogens is 2. The van der Waals surface area contributed by atoms with E-state index in [4.69, 9.17) is 16.6 Å². The molecule has 0 unspecified atom stereocenters. The maximum Gasteiger partial charge on any atom is 0.270 e. The van der Waals surface area contributed by atoms with E-state index in [1.54, 1.807) is 6.07 Å². The number of rotatable bonds is 7. The van der Waals surface area contributed by atoms with E-state index in [9.17, 15) is 4.79 Å². The summed E-state index contributed by atoms with van der Waals surface area (Å²) in [5.74, 6) is 0.759. The predicted octanol–water partition coefficient (Wildman–Crippen LogP) is 4.52. The summed E-state index contributed by atoms with van der Waals surface area (Å²) in [5, 5.41) is 3.55. The molecule has 1 saturated heterocycles. The highest BCUT2D eigenvalue weighted by Gasteiger charge is 2.22. The first-order chi connectivity index (χ1) is 15.6. The summed E-state index contributed by atoms with van der Waals surface area (Å²) >= 11 is 6.01. The van der Waals surface area contributed by atoms with Gasteiger partial charge in [0.1, 0.15) is 11.5 Å². The van der Waals surface area contributed by atoms with E-state index in [1.807, 2.05) is 42.5 Å². The third-order valence-electron chi connectivity index (χ3n) is 6.20. The molecule has 7 heteroatoms. The van der Waals surface area contributed by atoms with Crippen LogP contribution in [0.4, 0.5) is 5.82 Å². The van der Waals surface area contributed by atoms with Crippen molar-refractivity contribution < 1.29 is 4.79 Å². The second kappa shape index (κ2) is 10.3. The van der Waals surface area contributed by atoms with Gasteiger partial charge in [0, 0.05) is 43.8 Å². The third-order valence-corrected chi connectivity index (χ3v) is 6.43. The van der Waals surface area contributed by atoms with Gasteiger partial charge in [0.2, 0.25) is 0 Å². The lowest BCUT2D eigenvalue weighted by Gasteiger charge is -2.39. The molecule has 3 aromatic rings. The van der Waals surface area contributed by atoms with Gasteiger partial charge in [0.25, 0.3) is 5.91 Å². The number of carbonyl (C=O) groups is 1. The fourth-order valence-electron chi connectivity index (χ4n) is 4.34. The highest BCUT2D eigenvalue weighted by atomic mass is 35.5. The Bertz CT molecular complexity index is 1080. The number of carbonyl (C=O) groups excluding carboxylic acids is 1. The molecule has 1 aromatic carbocycles. The van der Waals surface area contributed by atoms with Crippen molar-refractivity contribution in [2.24, 2.45) is 0 Å². The molecule has 32 heavy (non-hydrogen) atoms. The Morgan fingerprint density at radius 1 is 1.00 bits per heavy atom. The standard InChI is InChI=1S/C25H30ClN5O/c1-3-20(4-2)30-12-14-31(15-13-30)24-11-10-21-22(29-24)8-9-23(28-21)25(32)27-17-18-6-5-7-19(26)16-18/h5-11,16,20H,3-4,12-15,17H2,1-2H3,(H,27,32). The van der Waals surface area contributed by atoms with Crippen molar-refractivity contribution in [3.63, 3.8) is 0 Å². The van der Waals surface area contributed by atoms with Gasteiger partial charge in [-0.2, -0.15) is 0 Å². The molecule has 168 valence electrons. The molecule has 1 aliphatic heterocycles. The van der Waals surface area contributed by atoms with Crippen molar-refractivity contribution in [2.75, 3.05) is 31.1 Å². The summed E-state index contributed by atoms with van der Waals surface area (Å²) in [6, 6.07) is 15.7. The number of piperazine rings is 1. The third kappa shape index (κ3) is 5.19. The van der Waals surface area contributed by atoms with Gasteiger partial charge >= 0.3 is 0 Å². The maximum absolute atomic E-state index is 12.6. The Morgan fingerprint density at radius 3 is 2.44 bits per heavy atom. The number of pyridine rings is 2. The largest absolute Gasteiger partial charge is 0.354 e. The van der Waals surface area contributed by atoms with Gasteiger partial charge < -0.3 is 10.2 Å². The average Bonchev–Trinajstić information content (AvgIpc) is 2.83. The molecule has 0 radical (unpaired) electrons. The van der Waals surface area contributed by atoms with Crippen LogP contribution in [0.3, 0.4) is 0 Å². The number of benzene rings is 1. The lowest BCUT2D eigenvalue weighted by molar-refractivity contribution is 0.0946. The highest BCUT2D eigenvalue weighted by molar-refractivity contribution is 6.30. The lowest BCUT2D eigenvalue weighted by Crippen LogP contribution is -2.50. The molecule has 0 spiro atoms. The molecule has 0 aliphatic carbocycles. The van der Waals surface area contributed by atoms with E-state index in [2.05, 4.69) is 33.9 Å². The van der Waals surface area contributed by atoms with Gasteiger partial charge in [0.15, 0.2) is 0 Å². The molecule has 0 bridgehead atoms. The Labute approximate surface area is 194 Å². The summed E-state index contributed by atoms with van der Waals surface area (Å²) in [6.45, 7) is 9.03. The van der Waals surface area contributed by atoms with E-state index in [-0.39, 0.29) is 5.91 Å². The number of fused-ring (bicyclic) bond motifs is 1. The number of nitrogens with zero attached hydrogens (tertiary/aromatic N) is 4. The number of halogens is 1. The first kappa shape index (κ1) is 22.5. The van der Waals surface area contributed by atoms with E-state index < -0.39 is 0 Å². The zero-order chi connectivity index (χ0) is 22.5. The predicted molar refractivity (Wildman–Crippen MR) is 130 cm³/mol. The molecule has 4 rings (SSSR count). The molecule has 0 atom stereocenters. The number of hydrogen-bond acceptors (Lipinski definition) is 5. The molecular weight excluding hydrogens is 422 g/mol. The Balaban J connectivity index is 1.40. The minimum absolute atomic E-state index is 0.214. The monoisotopic (exact) mass is 451 g/mol. The number of amides is 1. The molecular formula is C25H30ClN5O. The van der Waals surface area contributed by atoms with Crippen LogP contribution < -0.4 is 10.2 Å². The van der Waals surface area contributed by atoms with Crippen molar-refractivity contribution in [1.82, 2.24) is 20.2 Å². The summed E-state index contributed by atoms with van der Waals surface area (Å²) in [7, 11) is 0. The molecule has 1 amide bonds. The van der Waals surface area contributed by atoms with Crippen LogP contribution >= 0.6 is 11.6 Å². The molecule has 1 N–H and O–H groups in total. The van der Waals surface area contributed by atoms with Crippen LogP contribution in [0.5, 0.6) is 0 Å². The SMILES string of the molecule is CCC(CC)N1CCN(c2ccc3nc(C(=O)NCc4cccc(Cl)c4)ccc3n2)CC1. The number of hydrogen-bond donors (Lipinski definition) is 1. The van der Waals surface area contributed by atoms with Crippen LogP contribution in [0.25, 0.3) is 11.0 Å². The van der Waals surface area contributed by atoms with Crippen LogP contribution in [-0.2, 0) is 6.54 Å². The van der Waals surface area contributed by atoms with Gasteiger partial charge in [-0.05, 0) is 54.8 Å². The Hall–Kier alpha value is -2.70. The van der Waals surface area contributed by atoms with Crippen LogP contribution in [0.1, 0.15) is 42.7 Å². The smallest absolute Gasteiger partial charge is 0.270 e. The van der Waals surface area contributed by atoms with Crippen LogP contribution in [0, 0.1) is 0 Å². The van der Waals surface area contributed by atoms with Gasteiger partial charge in [-0.3, -0.25) is 9.69 Å². The Kier molecular flexibility index (Phi) is 7.22. The zero-order valence-corrected chi connectivity index (χ0v) is 19.5. The van der Waals surface area contributed by atoms with Gasteiger partial charge in [-0.15, -0.1) is 0 Å². The summed E-state index contributed by atoms with van der Waals surface area (Å²) in [4.78, 5) is 26.8. The van der Waals surface area contributed by atoms with Crippen molar-refractivity contribution in [3.8, 4) is 0 Å². The molecule has 6 nitrogen and oxygen atoms in total. The minimum atomic E-state index is -0.214. The second-order valence-corrected chi connectivity index (χ2v) is 8.65. The van der Waals surface area contributed by atoms with E-state index in [0.29, 0.717) is 23.3 Å². The van der Waals surface area contributed by atoms with Gasteiger partial charge in [0.05, 0.1) is 11.0 Å². The van der Waals surface area contributed by atoms with Crippen LogP contribution in [0.2, 0.25) is 5.02 Å². The van der Waals surface area contributed by atoms with Crippen LogP contribution in [0.15, 0.2) is 48.5 Å². The van der Waals surface area contributed by atoms with Crippen molar-refractivity contribution >= 4 is 34.4 Å². The van der Waals surface area contributed by atoms with Crippen molar-refractivity contribution in [1.29, 1.82) is 0 Å². The Morgan fingerprint density at radius 2 is 1.72 bits per heavy atom. The fourth-order valence-corrected chi connectivity index (χ4v) is 4.56. The minimum Gasteiger partial charge on any atom is -0.354 e. The first-order valence-corrected chi connectivity index (χ1v) is 11.7. The quantitative estimate of drug-likeness (QED) is 0.572. The first-order valence-electron chi connectivity index (χ1n) is 11.4. The highest BCUT2D eigenvalue weighted by Crippen LogP contribution is 2.20. The normalized spacial score (nSPS) is 14.8. The number of nitrogens with one attached hydrogen (secondary N) is 1. The maximum atomic E-state index is 12.6. The van der Waals surface area contributed by atoms with E-state index >= 15 is 0 Å². The summed E-state index contributed by atoms with van der Waals surface area (Å²) < 4.78 is 0. The fraction of sp³-hybridized carbons (Fsp3) is 0.400. The summed E-state index contributed by atoms with van der Waals surface area (Å²) in [5.41, 5.74) is 2.85. The van der Waals surface area contributed by atoms with Gasteiger partial charge in [-0.25, -0.2) is 9.97 Å². The van der Waals surface area contributed by atoms with Crippen molar-refractivity contribution in [2.45, 2.75) is 39.3 Å². The van der Waals surface area contributed by atoms with Crippen molar-refractivity contribution in [3.05, 3.63) is 64.8 Å². The van der Waals surface area contributed by atoms with Crippen LogP contribution in [-0.4, -0.2) is 53.0 Å². The molecule has 0 saturated carbocycles. The van der Waals surface area contributed by atoms with E-state index in [0.717, 1.165) is 48.6 Å². The molecule has 2 aromatic heterocycles. The topological polar surface area (TPSA) is 61.4 Å². The lowest BCUT2D eigenvalue weighted by atomic mass is 10.1. The van der Waals surface area contributed by atoms with Gasteiger partial charge in [-0.1, -0.05) is 37.6 Å². The second-order valence-electron chi connectivity index (χ2n) is 8.21. The zero-order valence-electron chi connectivity index (χ0n) is 18.7. The van der Waals surface area contributed by atoms with E-state index in [1.165, 1.54) is 12.8 Å². The molecule has 3 heterocycles. The summed E-state index contributed by atoms with van der Waals surface area (Å²) in [6.07, 6.45) is 2.40. The molecule has 1 aliphatic rings.